The van der Waals surface area contributed by atoms with Crippen molar-refractivity contribution in [2.24, 2.45) is 0 Å². The number of hydrogen-bond donors (Lipinski definition) is 3. The number of carbonyl (C=O) groups is 2. The number of nitrogens with one attached hydrogen (secondary N) is 3. The maximum atomic E-state index is 12.3. The number of aryl methyl sites for hydroxylation is 1. The molecule has 0 atom stereocenters. The highest BCUT2D eigenvalue weighted by Crippen LogP contribution is 2.18. The number of amides is 1. The van der Waals surface area contributed by atoms with Crippen molar-refractivity contribution < 1.29 is 14.5 Å². The average molecular weight is 306 g/mol. The van der Waals surface area contributed by atoms with E-state index in [9.17, 15) is 9.59 Å². The second-order valence-corrected chi connectivity index (χ2v) is 6.35. The van der Waals surface area contributed by atoms with E-state index in [-0.39, 0.29) is 11.7 Å². The van der Waals surface area contributed by atoms with Crippen molar-refractivity contribution in [2.45, 2.75) is 46.5 Å². The first-order chi connectivity index (χ1) is 10.5. The lowest BCUT2D eigenvalue weighted by molar-refractivity contribution is -0.898. The molecular formula is C17H28N3O2+. The number of aromatic nitrogens is 1. The van der Waals surface area contributed by atoms with Crippen molar-refractivity contribution in [2.75, 3.05) is 26.2 Å². The third-order valence-corrected chi connectivity index (χ3v) is 4.59. The number of ketones is 1. The molecule has 1 aliphatic rings. The van der Waals surface area contributed by atoms with Gasteiger partial charge in [0.2, 0.25) is 0 Å². The lowest BCUT2D eigenvalue weighted by Gasteiger charge is -2.17. The quantitative estimate of drug-likeness (QED) is 0.711. The Balaban J connectivity index is 1.90. The molecule has 0 aliphatic carbocycles. The van der Waals surface area contributed by atoms with Gasteiger partial charge in [0.1, 0.15) is 5.69 Å². The van der Waals surface area contributed by atoms with E-state index < -0.39 is 0 Å². The second kappa shape index (κ2) is 7.58. The van der Waals surface area contributed by atoms with Crippen molar-refractivity contribution in [3.63, 3.8) is 0 Å². The number of H-pyrrole nitrogens is 1. The normalized spacial score (nSPS) is 16.3. The minimum absolute atomic E-state index is 0.000638. The molecule has 122 valence electrons. The van der Waals surface area contributed by atoms with Crippen LogP contribution in [0.2, 0.25) is 0 Å². The first-order valence-electron chi connectivity index (χ1n) is 8.32. The highest BCUT2D eigenvalue weighted by atomic mass is 16.2. The Hall–Kier alpha value is -1.62. The summed E-state index contributed by atoms with van der Waals surface area (Å²) in [6.45, 7) is 9.28. The molecule has 2 heterocycles. The molecular weight excluding hydrogens is 278 g/mol. The molecule has 0 saturated carbocycles. The summed E-state index contributed by atoms with van der Waals surface area (Å²) in [7, 11) is 0. The van der Waals surface area contributed by atoms with E-state index in [1.165, 1.54) is 45.7 Å². The number of quaternary nitrogens is 1. The molecule has 5 heteroatoms. The molecule has 22 heavy (non-hydrogen) atoms. The Morgan fingerprint density at radius 2 is 1.77 bits per heavy atom. The molecule has 0 spiro atoms. The lowest BCUT2D eigenvalue weighted by atomic mass is 10.1. The second-order valence-electron chi connectivity index (χ2n) is 6.35. The van der Waals surface area contributed by atoms with Gasteiger partial charge in [0.05, 0.1) is 26.2 Å². The van der Waals surface area contributed by atoms with E-state index >= 15 is 0 Å². The van der Waals surface area contributed by atoms with Gasteiger partial charge in [-0.15, -0.1) is 0 Å². The minimum Gasteiger partial charge on any atom is -0.354 e. The molecule has 0 unspecified atom stereocenters. The number of rotatable bonds is 5. The highest BCUT2D eigenvalue weighted by molar-refractivity contribution is 6.02. The van der Waals surface area contributed by atoms with Crippen LogP contribution in [0.1, 0.15) is 64.7 Å². The molecule has 0 radical (unpaired) electrons. The van der Waals surface area contributed by atoms with Gasteiger partial charge in [-0.1, -0.05) is 0 Å². The van der Waals surface area contributed by atoms with Crippen LogP contribution in [0.3, 0.4) is 0 Å². The number of hydrogen-bond acceptors (Lipinski definition) is 2. The Morgan fingerprint density at radius 3 is 2.32 bits per heavy atom. The van der Waals surface area contributed by atoms with Crippen LogP contribution < -0.4 is 10.2 Å². The Labute approximate surface area is 132 Å². The van der Waals surface area contributed by atoms with Crippen molar-refractivity contribution in [1.29, 1.82) is 0 Å². The third-order valence-electron chi connectivity index (χ3n) is 4.59. The number of aromatic amines is 1. The van der Waals surface area contributed by atoms with E-state index in [1.807, 2.05) is 13.8 Å². The lowest BCUT2D eigenvalue weighted by Crippen LogP contribution is -3.12. The Kier molecular flexibility index (Phi) is 5.77. The summed E-state index contributed by atoms with van der Waals surface area (Å²) in [5.74, 6) is -0.110. The maximum absolute atomic E-state index is 12.3. The number of Topliss-reactive ketones (excluding diaryl/α,β-unsaturated/α-hetero) is 1. The Bertz CT molecular complexity index is 540. The minimum atomic E-state index is -0.109. The van der Waals surface area contributed by atoms with Gasteiger partial charge in [0, 0.05) is 11.3 Å². The molecule has 1 aromatic rings. The molecule has 5 nitrogen and oxygen atoms in total. The standard InChI is InChI=1S/C17H27N3O2/c1-12-15(14(3)21)13(2)19-16(12)17(22)18-8-11-20-9-6-4-5-7-10-20/h19H,4-11H2,1-3H3,(H,18,22)/p+1. The molecule has 1 fully saturated rings. The van der Waals surface area contributed by atoms with Crippen molar-refractivity contribution in [1.82, 2.24) is 10.3 Å². The van der Waals surface area contributed by atoms with Crippen LogP contribution >= 0.6 is 0 Å². The molecule has 1 amide bonds. The third kappa shape index (κ3) is 3.97. The number of likely N-dealkylation sites (tertiary alicyclic amines) is 1. The fourth-order valence-electron chi connectivity index (χ4n) is 3.42. The molecule has 1 aliphatic heterocycles. The topological polar surface area (TPSA) is 66.4 Å². The van der Waals surface area contributed by atoms with Gasteiger partial charge >= 0.3 is 0 Å². The predicted octanol–water partition coefficient (Wildman–Crippen LogP) is 1.02. The summed E-state index contributed by atoms with van der Waals surface area (Å²) in [5, 5.41) is 2.98. The fraction of sp³-hybridized carbons (Fsp3) is 0.647. The molecule has 0 bridgehead atoms. The van der Waals surface area contributed by atoms with E-state index in [0.29, 0.717) is 17.8 Å². The summed E-state index contributed by atoms with van der Waals surface area (Å²) in [6.07, 6.45) is 5.26. The zero-order chi connectivity index (χ0) is 16.1. The van der Waals surface area contributed by atoms with Crippen LogP contribution in [0, 0.1) is 13.8 Å². The van der Waals surface area contributed by atoms with Gasteiger partial charge < -0.3 is 15.2 Å². The summed E-state index contributed by atoms with van der Waals surface area (Å²) >= 11 is 0. The molecule has 2 rings (SSSR count). The summed E-state index contributed by atoms with van der Waals surface area (Å²) in [6, 6.07) is 0. The first kappa shape index (κ1) is 16.7. The SMILES string of the molecule is CC(=O)c1c(C)[nH]c(C(=O)NCC[NH+]2CCCCCC2)c1C. The molecule has 0 aromatic carbocycles. The van der Waals surface area contributed by atoms with Gasteiger partial charge in [-0.05, 0) is 52.0 Å². The van der Waals surface area contributed by atoms with Crippen molar-refractivity contribution in [3.8, 4) is 0 Å². The van der Waals surface area contributed by atoms with Gasteiger partial charge in [0.15, 0.2) is 5.78 Å². The van der Waals surface area contributed by atoms with Crippen LogP contribution in [0.4, 0.5) is 0 Å². The predicted molar refractivity (Wildman–Crippen MR) is 86.6 cm³/mol. The monoisotopic (exact) mass is 306 g/mol. The fourth-order valence-corrected chi connectivity index (χ4v) is 3.42. The van der Waals surface area contributed by atoms with Gasteiger partial charge in [-0.2, -0.15) is 0 Å². The average Bonchev–Trinajstić information content (AvgIpc) is 2.65. The van der Waals surface area contributed by atoms with Crippen LogP contribution in [-0.2, 0) is 0 Å². The zero-order valence-electron chi connectivity index (χ0n) is 14.0. The summed E-state index contributed by atoms with van der Waals surface area (Å²) < 4.78 is 0. The smallest absolute Gasteiger partial charge is 0.268 e. The maximum Gasteiger partial charge on any atom is 0.268 e. The molecule has 3 N–H and O–H groups in total. The number of carbonyl (C=O) groups excluding carboxylic acids is 2. The van der Waals surface area contributed by atoms with Crippen LogP contribution in [0.25, 0.3) is 0 Å². The van der Waals surface area contributed by atoms with Crippen LogP contribution in [-0.4, -0.2) is 42.9 Å². The zero-order valence-corrected chi connectivity index (χ0v) is 14.0. The van der Waals surface area contributed by atoms with E-state index in [0.717, 1.165) is 17.8 Å². The van der Waals surface area contributed by atoms with Gasteiger partial charge in [0.25, 0.3) is 5.91 Å². The highest BCUT2D eigenvalue weighted by Gasteiger charge is 2.20. The van der Waals surface area contributed by atoms with E-state index in [2.05, 4.69) is 10.3 Å². The van der Waals surface area contributed by atoms with Crippen molar-refractivity contribution >= 4 is 11.7 Å². The van der Waals surface area contributed by atoms with Gasteiger partial charge in [-0.3, -0.25) is 9.59 Å². The summed E-state index contributed by atoms with van der Waals surface area (Å²) in [5.41, 5.74) is 2.69. The van der Waals surface area contributed by atoms with Crippen molar-refractivity contribution in [3.05, 3.63) is 22.5 Å². The summed E-state index contributed by atoms with van der Waals surface area (Å²) in [4.78, 5) is 28.6. The van der Waals surface area contributed by atoms with E-state index in [1.54, 1.807) is 4.90 Å². The van der Waals surface area contributed by atoms with Crippen LogP contribution in [0.15, 0.2) is 0 Å². The molecule has 1 aromatic heterocycles. The Morgan fingerprint density at radius 1 is 1.14 bits per heavy atom. The largest absolute Gasteiger partial charge is 0.354 e. The van der Waals surface area contributed by atoms with Crippen LogP contribution in [0.5, 0.6) is 0 Å². The van der Waals surface area contributed by atoms with Gasteiger partial charge in [-0.25, -0.2) is 0 Å². The molecule has 1 saturated heterocycles. The first-order valence-corrected chi connectivity index (χ1v) is 8.32. The van der Waals surface area contributed by atoms with E-state index in [4.69, 9.17) is 0 Å².